The minimum Gasteiger partial charge on any atom is -0.469 e. The summed E-state index contributed by atoms with van der Waals surface area (Å²) in [5.74, 6) is 1.76. The highest BCUT2D eigenvalue weighted by Crippen LogP contribution is 2.11. The van der Waals surface area contributed by atoms with Crippen LogP contribution in [0.5, 0.6) is 0 Å². The third-order valence-corrected chi connectivity index (χ3v) is 3.75. The Morgan fingerprint density at radius 3 is 2.64 bits per heavy atom. The molecule has 6 heteroatoms. The van der Waals surface area contributed by atoms with Gasteiger partial charge in [-0.05, 0) is 37.1 Å². The van der Waals surface area contributed by atoms with E-state index in [2.05, 4.69) is 47.7 Å². The van der Waals surface area contributed by atoms with E-state index in [-0.39, 0.29) is 24.0 Å². The maximum absolute atomic E-state index is 5.35. The highest BCUT2D eigenvalue weighted by Gasteiger charge is 2.02. The third kappa shape index (κ3) is 7.92. The minimum atomic E-state index is 0. The van der Waals surface area contributed by atoms with Crippen LogP contribution in [-0.2, 0) is 17.7 Å². The predicted octanol–water partition coefficient (Wildman–Crippen LogP) is 3.44. The second-order valence-electron chi connectivity index (χ2n) is 5.77. The maximum atomic E-state index is 5.35. The van der Waals surface area contributed by atoms with Gasteiger partial charge in [-0.1, -0.05) is 23.8 Å². The van der Waals surface area contributed by atoms with E-state index in [1.807, 2.05) is 12.1 Å². The van der Waals surface area contributed by atoms with Crippen molar-refractivity contribution in [2.45, 2.75) is 26.8 Å². The molecule has 1 aromatic heterocycles. The molecule has 0 bridgehead atoms. The first kappa shape index (κ1) is 21.5. The molecule has 2 rings (SSSR count). The van der Waals surface area contributed by atoms with Crippen molar-refractivity contribution in [1.29, 1.82) is 0 Å². The summed E-state index contributed by atoms with van der Waals surface area (Å²) in [6.07, 6.45) is 2.52. The molecule has 0 spiro atoms. The second kappa shape index (κ2) is 11.9. The van der Waals surface area contributed by atoms with E-state index in [9.17, 15) is 0 Å². The van der Waals surface area contributed by atoms with Crippen LogP contribution in [0.4, 0.5) is 0 Å². The number of rotatable bonds is 8. The molecule has 0 aliphatic rings. The van der Waals surface area contributed by atoms with E-state index in [1.165, 1.54) is 16.7 Å². The van der Waals surface area contributed by atoms with Gasteiger partial charge in [-0.25, -0.2) is 4.99 Å². The van der Waals surface area contributed by atoms with Crippen LogP contribution in [0.2, 0.25) is 0 Å². The fourth-order valence-corrected chi connectivity index (χ4v) is 2.39. The smallest absolute Gasteiger partial charge is 0.191 e. The third-order valence-electron chi connectivity index (χ3n) is 3.75. The lowest BCUT2D eigenvalue weighted by molar-refractivity contribution is 0.203. The van der Waals surface area contributed by atoms with E-state index >= 15 is 0 Å². The Hall–Kier alpha value is -1.54. The molecule has 5 nitrogen and oxygen atoms in total. The number of aliphatic imine (C=N–C) groups is 1. The first-order valence-electron chi connectivity index (χ1n) is 8.28. The van der Waals surface area contributed by atoms with E-state index < -0.39 is 0 Å². The van der Waals surface area contributed by atoms with Crippen molar-refractivity contribution in [2.24, 2.45) is 4.99 Å². The maximum Gasteiger partial charge on any atom is 0.191 e. The average molecular weight is 457 g/mol. The summed E-state index contributed by atoms with van der Waals surface area (Å²) in [7, 11) is 1.69. The Balaban J connectivity index is 0.00000312. The van der Waals surface area contributed by atoms with Gasteiger partial charge in [0.05, 0.1) is 19.4 Å². The number of ether oxygens (including phenoxy) is 1. The zero-order valence-electron chi connectivity index (χ0n) is 15.2. The van der Waals surface area contributed by atoms with Crippen molar-refractivity contribution in [3.8, 4) is 0 Å². The van der Waals surface area contributed by atoms with Crippen LogP contribution in [0.25, 0.3) is 0 Å². The molecule has 0 radical (unpaired) electrons. The summed E-state index contributed by atoms with van der Waals surface area (Å²) in [6.45, 7) is 7.00. The summed E-state index contributed by atoms with van der Waals surface area (Å²) in [5, 5.41) is 6.63. The van der Waals surface area contributed by atoms with Crippen LogP contribution in [0, 0.1) is 13.8 Å². The van der Waals surface area contributed by atoms with E-state index in [0.29, 0.717) is 13.2 Å². The molecule has 0 atom stereocenters. The first-order chi connectivity index (χ1) is 11.7. The molecule has 0 aliphatic heterocycles. The number of nitrogens with zero attached hydrogens (tertiary/aromatic N) is 1. The topological polar surface area (TPSA) is 58.8 Å². The number of hydrogen-bond acceptors (Lipinski definition) is 3. The molecule has 25 heavy (non-hydrogen) atoms. The fourth-order valence-electron chi connectivity index (χ4n) is 2.39. The highest BCUT2D eigenvalue weighted by molar-refractivity contribution is 14.0. The molecule has 0 saturated heterocycles. The average Bonchev–Trinajstić information content (AvgIpc) is 3.07. The van der Waals surface area contributed by atoms with Crippen molar-refractivity contribution in [3.63, 3.8) is 0 Å². The van der Waals surface area contributed by atoms with Crippen molar-refractivity contribution in [2.75, 3.05) is 26.8 Å². The normalized spacial score (nSPS) is 11.1. The number of aryl methyl sites for hydroxylation is 2. The van der Waals surface area contributed by atoms with Gasteiger partial charge in [-0.2, -0.15) is 0 Å². The van der Waals surface area contributed by atoms with Gasteiger partial charge in [0.25, 0.3) is 0 Å². The van der Waals surface area contributed by atoms with Gasteiger partial charge in [0.2, 0.25) is 0 Å². The molecule has 138 valence electrons. The van der Waals surface area contributed by atoms with Crippen LogP contribution in [0.3, 0.4) is 0 Å². The van der Waals surface area contributed by atoms with Crippen molar-refractivity contribution in [1.82, 2.24) is 10.6 Å². The van der Waals surface area contributed by atoms with Crippen LogP contribution in [-0.4, -0.2) is 32.8 Å². The molecular formula is C19H28IN3O2. The quantitative estimate of drug-likeness (QED) is 0.276. The van der Waals surface area contributed by atoms with E-state index in [1.54, 1.807) is 13.4 Å². The highest BCUT2D eigenvalue weighted by atomic mass is 127. The second-order valence-corrected chi connectivity index (χ2v) is 5.77. The van der Waals surface area contributed by atoms with Crippen molar-refractivity contribution in [3.05, 3.63) is 59.0 Å². The molecule has 0 aliphatic carbocycles. The molecule has 1 aromatic carbocycles. The van der Waals surface area contributed by atoms with Crippen LogP contribution >= 0.6 is 24.0 Å². The molecule has 2 aromatic rings. The van der Waals surface area contributed by atoms with Gasteiger partial charge in [0.1, 0.15) is 5.76 Å². The molecule has 0 amide bonds. The Morgan fingerprint density at radius 1 is 1.16 bits per heavy atom. The number of guanidine groups is 1. The SMILES string of the molecule is COCCNC(=NCc1ccc(C)cc1C)NCCc1ccco1.I. The van der Waals surface area contributed by atoms with Gasteiger partial charge in [0, 0.05) is 26.6 Å². The van der Waals surface area contributed by atoms with Gasteiger partial charge < -0.3 is 19.8 Å². The lowest BCUT2D eigenvalue weighted by Gasteiger charge is -2.12. The fraction of sp³-hybridized carbons (Fsp3) is 0.421. The van der Waals surface area contributed by atoms with Crippen molar-refractivity contribution >= 4 is 29.9 Å². The van der Waals surface area contributed by atoms with Gasteiger partial charge in [-0.3, -0.25) is 0 Å². The van der Waals surface area contributed by atoms with Gasteiger partial charge in [-0.15, -0.1) is 24.0 Å². The standard InChI is InChI=1S/C19H27N3O2.HI/c1-15-6-7-17(16(2)13-15)14-22-19(21-10-12-23-3)20-9-8-18-5-4-11-24-18;/h4-7,11,13H,8-10,12,14H2,1-3H3,(H2,20,21,22);1H. The summed E-state index contributed by atoms with van der Waals surface area (Å²) < 4.78 is 10.4. The lowest BCUT2D eigenvalue weighted by Crippen LogP contribution is -2.40. The van der Waals surface area contributed by atoms with Crippen LogP contribution < -0.4 is 10.6 Å². The first-order valence-corrected chi connectivity index (χ1v) is 8.28. The largest absolute Gasteiger partial charge is 0.469 e. The van der Waals surface area contributed by atoms with Crippen molar-refractivity contribution < 1.29 is 9.15 Å². The van der Waals surface area contributed by atoms with Crippen LogP contribution in [0.15, 0.2) is 46.0 Å². The molecular weight excluding hydrogens is 429 g/mol. The zero-order valence-corrected chi connectivity index (χ0v) is 17.5. The number of benzene rings is 1. The summed E-state index contributed by atoms with van der Waals surface area (Å²) in [6, 6.07) is 10.3. The van der Waals surface area contributed by atoms with Gasteiger partial charge >= 0.3 is 0 Å². The lowest BCUT2D eigenvalue weighted by atomic mass is 10.1. The Labute approximate surface area is 167 Å². The number of furan rings is 1. The number of nitrogens with one attached hydrogen (secondary N) is 2. The molecule has 0 unspecified atom stereocenters. The summed E-state index contributed by atoms with van der Waals surface area (Å²) in [4.78, 5) is 4.68. The summed E-state index contributed by atoms with van der Waals surface area (Å²) >= 11 is 0. The zero-order chi connectivity index (χ0) is 17.2. The number of halogens is 1. The molecule has 0 fully saturated rings. The predicted molar refractivity (Wildman–Crippen MR) is 113 cm³/mol. The Morgan fingerprint density at radius 2 is 1.96 bits per heavy atom. The Kier molecular flexibility index (Phi) is 10.3. The molecule has 2 N–H and O–H groups in total. The van der Waals surface area contributed by atoms with E-state index in [4.69, 9.17) is 9.15 Å². The Bertz CT molecular complexity index is 642. The summed E-state index contributed by atoms with van der Waals surface area (Å²) in [5.41, 5.74) is 3.78. The van der Waals surface area contributed by atoms with E-state index in [0.717, 1.165) is 31.2 Å². The van der Waals surface area contributed by atoms with Gasteiger partial charge in [0.15, 0.2) is 5.96 Å². The molecule has 0 saturated carbocycles. The minimum absolute atomic E-state index is 0. The molecule has 1 heterocycles. The monoisotopic (exact) mass is 457 g/mol. The number of methoxy groups -OCH3 is 1. The number of hydrogen-bond donors (Lipinski definition) is 2. The van der Waals surface area contributed by atoms with Crippen LogP contribution in [0.1, 0.15) is 22.5 Å².